The summed E-state index contributed by atoms with van der Waals surface area (Å²) in [6.45, 7) is 11.8. The van der Waals surface area contributed by atoms with Gasteiger partial charge in [0, 0.05) is 16.1 Å². The maximum Gasteiger partial charge on any atom is 0.343 e. The maximum absolute atomic E-state index is 12.5. The number of esters is 2. The van der Waals surface area contributed by atoms with Crippen molar-refractivity contribution < 1.29 is 38.0 Å². The molecular weight excluding hydrogens is 797 g/mol. The number of carbonyl (C=O) groups excluding carboxylic acids is 2. The quantitative estimate of drug-likeness (QED) is 0.0222. The van der Waals surface area contributed by atoms with Gasteiger partial charge < -0.3 is 28.4 Å². The summed E-state index contributed by atoms with van der Waals surface area (Å²) in [5.74, 6) is 3.16. The lowest BCUT2D eigenvalue weighted by molar-refractivity contribution is 0.0725. The highest BCUT2D eigenvalue weighted by Gasteiger charge is 2.24. The van der Waals surface area contributed by atoms with Crippen molar-refractivity contribution in [1.82, 2.24) is 0 Å². The van der Waals surface area contributed by atoms with Crippen LogP contribution in [0.4, 0.5) is 0 Å². The lowest BCUT2D eigenvalue weighted by atomic mass is 10.1. The van der Waals surface area contributed by atoms with E-state index in [0.717, 1.165) is 24.3 Å². The summed E-state index contributed by atoms with van der Waals surface area (Å²) in [4.78, 5) is 24.9. The van der Waals surface area contributed by atoms with E-state index >= 15 is 0 Å². The van der Waals surface area contributed by atoms with Gasteiger partial charge in [-0.2, -0.15) is 0 Å². The van der Waals surface area contributed by atoms with Gasteiger partial charge in [-0.3, -0.25) is 0 Å². The Hall–Kier alpha value is -4.55. The Bertz CT molecular complexity index is 1690. The molecule has 0 aliphatic carbocycles. The molecule has 332 valence electrons. The molecule has 0 N–H and O–H groups in total. The lowest BCUT2D eigenvalue weighted by Crippen LogP contribution is -2.28. The van der Waals surface area contributed by atoms with Gasteiger partial charge in [0.25, 0.3) is 0 Å². The summed E-state index contributed by atoms with van der Waals surface area (Å²) in [6, 6.07) is 34.1. The molecule has 0 fully saturated rings. The summed E-state index contributed by atoms with van der Waals surface area (Å²) in [7, 11) is 0.955. The van der Waals surface area contributed by atoms with Gasteiger partial charge in [-0.25, -0.2) is 9.59 Å². The van der Waals surface area contributed by atoms with Gasteiger partial charge >= 0.3 is 11.9 Å². The first kappa shape index (κ1) is 49.1. The van der Waals surface area contributed by atoms with Gasteiger partial charge in [-0.05, 0) is 110 Å². The molecule has 61 heavy (non-hydrogen) atoms. The van der Waals surface area contributed by atoms with E-state index in [1.165, 1.54) is 94.8 Å². The number of unbranched alkanes of at least 4 members (excludes halogenated alkanes) is 10. The first-order valence-corrected chi connectivity index (χ1v) is 29.5. The standard InChI is InChI=1S/C51H72O8Si2/c1-54-44-28-32-48(33-29-44)58-50(52)42-20-24-46(25-21-42)56-36-15-11-7-9-13-17-38-60(3,4)40-19-41-61(5,6)39-18-14-10-8-12-16-37-57-47-26-22-43(23-27-47)51(53)59-49-34-30-45(55-2)31-35-49/h20-35H,7-19,36-41H2,1-6H3. The molecule has 4 aromatic rings. The van der Waals surface area contributed by atoms with Crippen LogP contribution in [0.15, 0.2) is 97.1 Å². The summed E-state index contributed by atoms with van der Waals surface area (Å²) in [6.07, 6.45) is 16.5. The monoisotopic (exact) mass is 868 g/mol. The van der Waals surface area contributed by atoms with Crippen LogP contribution in [0, 0.1) is 0 Å². The molecule has 0 aromatic heterocycles. The topological polar surface area (TPSA) is 89.5 Å². The van der Waals surface area contributed by atoms with Crippen LogP contribution in [-0.2, 0) is 0 Å². The molecule has 0 atom stereocenters. The van der Waals surface area contributed by atoms with Gasteiger partial charge in [-0.15, -0.1) is 0 Å². The third kappa shape index (κ3) is 19.8. The average molecular weight is 869 g/mol. The molecule has 10 heteroatoms. The minimum atomic E-state index is -1.13. The van der Waals surface area contributed by atoms with Crippen LogP contribution < -0.4 is 28.4 Å². The molecule has 0 amide bonds. The highest BCUT2D eigenvalue weighted by Crippen LogP contribution is 2.28. The molecule has 0 heterocycles. The molecule has 4 rings (SSSR count). The Labute approximate surface area is 368 Å². The normalized spacial score (nSPS) is 11.5. The molecule has 4 aromatic carbocycles. The number of rotatable bonds is 30. The van der Waals surface area contributed by atoms with E-state index in [1.807, 2.05) is 24.3 Å². The van der Waals surface area contributed by atoms with Crippen molar-refractivity contribution >= 4 is 28.1 Å². The summed E-state index contributed by atoms with van der Waals surface area (Å²) >= 11 is 0. The second-order valence-electron chi connectivity index (χ2n) is 17.8. The van der Waals surface area contributed by atoms with Crippen molar-refractivity contribution in [1.29, 1.82) is 0 Å². The van der Waals surface area contributed by atoms with Crippen LogP contribution in [-0.4, -0.2) is 55.5 Å². The number of carbonyl (C=O) groups is 2. The van der Waals surface area contributed by atoms with E-state index in [2.05, 4.69) is 26.2 Å². The van der Waals surface area contributed by atoms with Gasteiger partial charge in [-0.1, -0.05) is 121 Å². The van der Waals surface area contributed by atoms with Gasteiger partial charge in [0.2, 0.25) is 0 Å². The van der Waals surface area contributed by atoms with Crippen molar-refractivity contribution in [3.05, 3.63) is 108 Å². The molecule has 0 saturated carbocycles. The zero-order valence-corrected chi connectivity index (χ0v) is 39.9. The first-order chi connectivity index (χ1) is 29.4. The molecule has 0 aliphatic heterocycles. The summed E-state index contributed by atoms with van der Waals surface area (Å²) in [5, 5.41) is 0. The largest absolute Gasteiger partial charge is 0.497 e. The Morgan fingerprint density at radius 3 is 0.984 bits per heavy atom. The second-order valence-corrected chi connectivity index (χ2v) is 28.5. The maximum atomic E-state index is 12.5. The van der Waals surface area contributed by atoms with Crippen molar-refractivity contribution in [2.45, 2.75) is 134 Å². The fourth-order valence-corrected chi connectivity index (χ4v) is 13.0. The van der Waals surface area contributed by atoms with E-state index in [0.29, 0.717) is 47.3 Å². The number of hydrogen-bond donors (Lipinski definition) is 0. The van der Waals surface area contributed by atoms with Crippen LogP contribution >= 0.6 is 0 Å². The number of methoxy groups -OCH3 is 2. The van der Waals surface area contributed by atoms with Crippen LogP contribution in [0.3, 0.4) is 0 Å². The Morgan fingerprint density at radius 1 is 0.361 bits per heavy atom. The lowest BCUT2D eigenvalue weighted by Gasteiger charge is -2.26. The van der Waals surface area contributed by atoms with Crippen LogP contribution in [0.1, 0.15) is 104 Å². The molecule has 0 saturated heterocycles. The highest BCUT2D eigenvalue weighted by atomic mass is 28.3. The molecule has 0 bridgehead atoms. The predicted octanol–water partition coefficient (Wildman–Crippen LogP) is 14.1. The fraction of sp³-hybridized carbons (Fsp3) is 0.490. The smallest absolute Gasteiger partial charge is 0.343 e. The van der Waals surface area contributed by atoms with Gasteiger partial charge in [0.1, 0.15) is 34.5 Å². The van der Waals surface area contributed by atoms with Crippen molar-refractivity contribution in [3.8, 4) is 34.5 Å². The van der Waals surface area contributed by atoms with Crippen LogP contribution in [0.2, 0.25) is 50.4 Å². The molecule has 0 unspecified atom stereocenters. The van der Waals surface area contributed by atoms with E-state index in [4.69, 9.17) is 28.4 Å². The summed E-state index contributed by atoms with van der Waals surface area (Å²) in [5.41, 5.74) is 0.982. The fourth-order valence-electron chi connectivity index (χ4n) is 7.49. The number of hydrogen-bond acceptors (Lipinski definition) is 8. The van der Waals surface area contributed by atoms with E-state index < -0.39 is 28.1 Å². The molecule has 0 radical (unpaired) electrons. The molecule has 0 aliphatic rings. The average Bonchev–Trinajstić information content (AvgIpc) is 3.26. The van der Waals surface area contributed by atoms with Gasteiger partial charge in [0.05, 0.1) is 38.6 Å². The van der Waals surface area contributed by atoms with Crippen LogP contribution in [0.5, 0.6) is 34.5 Å². The molecule has 8 nitrogen and oxygen atoms in total. The van der Waals surface area contributed by atoms with Gasteiger partial charge in [0.15, 0.2) is 0 Å². The second kappa shape index (κ2) is 26.7. The van der Waals surface area contributed by atoms with E-state index in [1.54, 1.807) is 87.0 Å². The Kier molecular flexibility index (Phi) is 21.5. The Balaban J connectivity index is 0.930. The van der Waals surface area contributed by atoms with Crippen molar-refractivity contribution in [2.75, 3.05) is 27.4 Å². The van der Waals surface area contributed by atoms with E-state index in [-0.39, 0.29) is 0 Å². The third-order valence-electron chi connectivity index (χ3n) is 11.5. The minimum Gasteiger partial charge on any atom is -0.497 e. The van der Waals surface area contributed by atoms with Crippen LogP contribution in [0.25, 0.3) is 0 Å². The Morgan fingerprint density at radius 2 is 0.639 bits per heavy atom. The zero-order valence-electron chi connectivity index (χ0n) is 37.9. The van der Waals surface area contributed by atoms with Crippen molar-refractivity contribution in [2.24, 2.45) is 0 Å². The molecule has 0 spiro atoms. The SMILES string of the molecule is COc1ccc(OC(=O)c2ccc(OCCCCCCCC[Si](C)(C)CCC[Si](C)(C)CCCCCCCCOc3ccc(C(=O)Oc4ccc(OC)cc4)cc3)cc2)cc1. The third-order valence-corrected chi connectivity index (χ3v) is 18.3. The predicted molar refractivity (Wildman–Crippen MR) is 254 cm³/mol. The zero-order chi connectivity index (χ0) is 43.8. The molecular formula is C51H72O8Si2. The van der Waals surface area contributed by atoms with Crippen molar-refractivity contribution in [3.63, 3.8) is 0 Å². The highest BCUT2D eigenvalue weighted by molar-refractivity contribution is 6.79. The number of ether oxygens (including phenoxy) is 6. The van der Waals surface area contributed by atoms with E-state index in [9.17, 15) is 9.59 Å². The first-order valence-electron chi connectivity index (χ1n) is 22.6. The minimum absolute atomic E-state index is 0.394. The summed E-state index contributed by atoms with van der Waals surface area (Å²) < 4.78 is 33.0. The number of benzene rings is 4.